The summed E-state index contributed by atoms with van der Waals surface area (Å²) in [6.07, 6.45) is 4.97. The quantitative estimate of drug-likeness (QED) is 0.435. The number of amides is 3. The van der Waals surface area contributed by atoms with Crippen molar-refractivity contribution in [3.05, 3.63) is 35.9 Å². The number of carbonyl (C=O) groups is 5. The Morgan fingerprint density at radius 1 is 1.03 bits per heavy atom. The van der Waals surface area contributed by atoms with Crippen LogP contribution in [0.3, 0.4) is 0 Å². The second kappa shape index (κ2) is 12.5. The molecule has 1 aromatic heterocycles. The van der Waals surface area contributed by atoms with Crippen LogP contribution < -0.4 is 0 Å². The van der Waals surface area contributed by atoms with Gasteiger partial charge in [-0.05, 0) is 51.7 Å². The molecule has 3 aliphatic rings. The van der Waals surface area contributed by atoms with Crippen molar-refractivity contribution < 1.29 is 37.9 Å². The zero-order valence-electron chi connectivity index (χ0n) is 22.7. The Hall–Kier alpha value is -3.63. The average molecular weight is 544 g/mol. The summed E-state index contributed by atoms with van der Waals surface area (Å²) in [5, 5.41) is 0. The van der Waals surface area contributed by atoms with Crippen LogP contribution in [0, 0.1) is 11.3 Å². The maximum absolute atomic E-state index is 13.6. The van der Waals surface area contributed by atoms with Crippen molar-refractivity contribution in [2.75, 3.05) is 45.9 Å². The predicted molar refractivity (Wildman–Crippen MR) is 138 cm³/mol. The Kier molecular flexibility index (Phi) is 9.08. The van der Waals surface area contributed by atoms with Crippen LogP contribution in [0.5, 0.6) is 0 Å². The molecule has 2 saturated heterocycles. The number of esters is 2. The summed E-state index contributed by atoms with van der Waals surface area (Å²) < 4.78 is 15.8. The molecule has 4 heterocycles. The molecule has 2 atom stereocenters. The molecular weight excluding hydrogens is 506 g/mol. The third kappa shape index (κ3) is 6.02. The number of nitrogens with zero attached hydrogens (tertiary/aromatic N) is 3. The molecule has 0 bridgehead atoms. The summed E-state index contributed by atoms with van der Waals surface area (Å²) >= 11 is 0. The summed E-state index contributed by atoms with van der Waals surface area (Å²) in [7, 11) is 0. The number of piperazine rings is 1. The van der Waals surface area contributed by atoms with E-state index >= 15 is 0 Å². The fraction of sp³-hybridized carbons (Fsp3) is 0.607. The third-order valence-corrected chi connectivity index (χ3v) is 7.71. The SMILES string of the molecule is CCOC(=O)CC[C@@]1(C(=O)OCC)C[C@@H](CC(=O)N2CCN(C(=O)c3ccco3)CC2)C(=O)N2CCCC=C21. The fourth-order valence-electron chi connectivity index (χ4n) is 5.79. The maximum atomic E-state index is 13.6. The number of rotatable bonds is 9. The second-order valence-corrected chi connectivity index (χ2v) is 10.1. The highest BCUT2D eigenvalue weighted by Gasteiger charge is 2.54. The number of piperidine rings is 1. The van der Waals surface area contributed by atoms with Gasteiger partial charge in [0.05, 0.1) is 19.5 Å². The van der Waals surface area contributed by atoms with E-state index < -0.39 is 23.3 Å². The van der Waals surface area contributed by atoms with Gasteiger partial charge in [0, 0.05) is 57.2 Å². The maximum Gasteiger partial charge on any atom is 0.318 e. The van der Waals surface area contributed by atoms with Gasteiger partial charge < -0.3 is 28.6 Å². The van der Waals surface area contributed by atoms with Crippen LogP contribution in [0.1, 0.15) is 62.9 Å². The molecule has 39 heavy (non-hydrogen) atoms. The molecule has 0 aliphatic carbocycles. The van der Waals surface area contributed by atoms with Crippen molar-refractivity contribution in [1.29, 1.82) is 0 Å². The van der Waals surface area contributed by atoms with E-state index in [9.17, 15) is 24.0 Å². The van der Waals surface area contributed by atoms with E-state index in [1.165, 1.54) is 6.26 Å². The lowest BCUT2D eigenvalue weighted by molar-refractivity contribution is -0.163. The van der Waals surface area contributed by atoms with Crippen molar-refractivity contribution in [2.24, 2.45) is 11.3 Å². The minimum Gasteiger partial charge on any atom is -0.466 e. The first-order valence-corrected chi connectivity index (χ1v) is 13.8. The lowest BCUT2D eigenvalue weighted by Crippen LogP contribution is -2.55. The number of hydrogen-bond acceptors (Lipinski definition) is 8. The molecule has 0 radical (unpaired) electrons. The van der Waals surface area contributed by atoms with Crippen LogP contribution in [-0.2, 0) is 28.7 Å². The van der Waals surface area contributed by atoms with Gasteiger partial charge in [0.25, 0.3) is 5.91 Å². The van der Waals surface area contributed by atoms with Gasteiger partial charge in [-0.3, -0.25) is 24.0 Å². The van der Waals surface area contributed by atoms with Crippen LogP contribution in [0.4, 0.5) is 0 Å². The Morgan fingerprint density at radius 2 is 1.74 bits per heavy atom. The average Bonchev–Trinajstić information content (AvgIpc) is 3.49. The van der Waals surface area contributed by atoms with Crippen LogP contribution in [0.15, 0.2) is 34.6 Å². The van der Waals surface area contributed by atoms with Gasteiger partial charge in [0.2, 0.25) is 11.8 Å². The fourth-order valence-corrected chi connectivity index (χ4v) is 5.79. The molecule has 0 unspecified atom stereocenters. The van der Waals surface area contributed by atoms with Gasteiger partial charge in [-0.1, -0.05) is 6.08 Å². The molecule has 0 saturated carbocycles. The van der Waals surface area contributed by atoms with Crippen LogP contribution >= 0.6 is 0 Å². The van der Waals surface area contributed by atoms with Crippen molar-refractivity contribution in [1.82, 2.24) is 14.7 Å². The first kappa shape index (κ1) is 28.4. The van der Waals surface area contributed by atoms with Gasteiger partial charge in [-0.15, -0.1) is 0 Å². The molecule has 3 amide bonds. The summed E-state index contributed by atoms with van der Waals surface area (Å²) in [6.45, 7) is 5.67. The Morgan fingerprint density at radius 3 is 2.41 bits per heavy atom. The molecule has 11 heteroatoms. The second-order valence-electron chi connectivity index (χ2n) is 10.1. The van der Waals surface area contributed by atoms with Crippen LogP contribution in [0.25, 0.3) is 0 Å². The molecule has 1 aromatic rings. The van der Waals surface area contributed by atoms with Gasteiger partial charge in [0.1, 0.15) is 5.41 Å². The molecule has 4 rings (SSSR count). The molecule has 212 valence electrons. The lowest BCUT2D eigenvalue weighted by Gasteiger charge is -2.48. The summed E-state index contributed by atoms with van der Waals surface area (Å²) in [4.78, 5) is 70.2. The number of furan rings is 1. The lowest BCUT2D eigenvalue weighted by atomic mass is 9.67. The number of ether oxygens (including phenoxy) is 2. The Balaban J connectivity index is 1.49. The minimum atomic E-state index is -1.21. The topological polar surface area (TPSA) is 127 Å². The molecule has 0 aromatic carbocycles. The van der Waals surface area contributed by atoms with Crippen molar-refractivity contribution in [2.45, 2.75) is 52.4 Å². The summed E-state index contributed by atoms with van der Waals surface area (Å²) in [5.74, 6) is -1.99. The van der Waals surface area contributed by atoms with Gasteiger partial charge >= 0.3 is 11.9 Å². The van der Waals surface area contributed by atoms with Gasteiger partial charge in [-0.2, -0.15) is 0 Å². The standard InChI is InChI=1S/C28H37N3O8/c1-3-37-24(33)10-11-28(27(36)38-4-2)19-20(25(34)31-12-6-5-9-22(28)31)18-23(32)29-13-15-30(16-14-29)26(35)21-8-7-17-39-21/h7-9,17,20H,3-6,10-16,18-19H2,1-2H3/t20-,28-/m1/s1. The van der Waals surface area contributed by atoms with E-state index in [0.29, 0.717) is 44.8 Å². The zero-order chi connectivity index (χ0) is 28.0. The zero-order valence-corrected chi connectivity index (χ0v) is 22.7. The van der Waals surface area contributed by atoms with E-state index in [2.05, 4.69) is 0 Å². The van der Waals surface area contributed by atoms with Crippen LogP contribution in [-0.4, -0.2) is 90.3 Å². The molecular formula is C28H37N3O8. The van der Waals surface area contributed by atoms with E-state index in [1.807, 2.05) is 6.08 Å². The Labute approximate surface area is 228 Å². The van der Waals surface area contributed by atoms with E-state index in [4.69, 9.17) is 13.9 Å². The third-order valence-electron chi connectivity index (χ3n) is 7.71. The monoisotopic (exact) mass is 543 g/mol. The largest absolute Gasteiger partial charge is 0.466 e. The number of allylic oxidation sites excluding steroid dienone is 1. The van der Waals surface area contributed by atoms with Gasteiger partial charge in [0.15, 0.2) is 5.76 Å². The van der Waals surface area contributed by atoms with E-state index in [1.54, 1.807) is 40.7 Å². The number of hydrogen-bond donors (Lipinski definition) is 0. The smallest absolute Gasteiger partial charge is 0.318 e. The van der Waals surface area contributed by atoms with E-state index in [0.717, 1.165) is 6.42 Å². The van der Waals surface area contributed by atoms with Crippen LogP contribution in [0.2, 0.25) is 0 Å². The van der Waals surface area contributed by atoms with Crippen molar-refractivity contribution in [3.63, 3.8) is 0 Å². The minimum absolute atomic E-state index is 0.00164. The molecule has 0 N–H and O–H groups in total. The normalized spacial score (nSPS) is 23.1. The number of carbonyl (C=O) groups excluding carboxylic acids is 5. The first-order valence-electron chi connectivity index (χ1n) is 13.8. The van der Waals surface area contributed by atoms with Crippen molar-refractivity contribution in [3.8, 4) is 0 Å². The number of fused-ring (bicyclic) bond motifs is 1. The predicted octanol–water partition coefficient (Wildman–Crippen LogP) is 2.37. The highest BCUT2D eigenvalue weighted by atomic mass is 16.5. The molecule has 3 aliphatic heterocycles. The van der Waals surface area contributed by atoms with Gasteiger partial charge in [-0.25, -0.2) is 0 Å². The first-order chi connectivity index (χ1) is 18.8. The summed E-state index contributed by atoms with van der Waals surface area (Å²) in [6, 6.07) is 3.26. The van der Waals surface area contributed by atoms with Crippen molar-refractivity contribution >= 4 is 29.7 Å². The summed E-state index contributed by atoms with van der Waals surface area (Å²) in [5.41, 5.74) is -0.633. The molecule has 2 fully saturated rings. The highest BCUT2D eigenvalue weighted by molar-refractivity contribution is 5.93. The molecule has 0 spiro atoms. The Bertz CT molecular complexity index is 1110. The van der Waals surface area contributed by atoms with E-state index in [-0.39, 0.29) is 62.4 Å². The molecule has 11 nitrogen and oxygen atoms in total. The highest BCUT2D eigenvalue weighted by Crippen LogP contribution is 2.49.